The Bertz CT molecular complexity index is 654. The predicted molar refractivity (Wildman–Crippen MR) is 86.0 cm³/mol. The van der Waals surface area contributed by atoms with Crippen LogP contribution in [0.25, 0.3) is 0 Å². The third-order valence-corrected chi connectivity index (χ3v) is 4.69. The van der Waals surface area contributed by atoms with E-state index in [1.54, 1.807) is 23.5 Å². The van der Waals surface area contributed by atoms with Crippen LogP contribution in [0.4, 0.5) is 5.69 Å². The topological polar surface area (TPSA) is 68.0 Å². The Morgan fingerprint density at radius 1 is 1.45 bits per heavy atom. The molecule has 0 spiro atoms. The molecule has 6 heteroatoms. The highest BCUT2D eigenvalue weighted by Gasteiger charge is 2.17. The molecule has 0 aliphatic carbocycles. The zero-order valence-electron chi connectivity index (χ0n) is 11.5. The number of carbonyl (C=O) groups is 1. The number of hydrogen-bond donors (Lipinski definition) is 2. The first-order valence-electron chi connectivity index (χ1n) is 6.18. The van der Waals surface area contributed by atoms with Crippen LogP contribution in [0, 0.1) is 13.8 Å². The smallest absolute Gasteiger partial charge is 0.253 e. The van der Waals surface area contributed by atoms with Crippen LogP contribution in [-0.4, -0.2) is 10.9 Å². The molecular formula is C14H16BrN3OS. The molecule has 1 aromatic carbocycles. The fourth-order valence-corrected chi connectivity index (χ4v) is 3.30. The van der Waals surface area contributed by atoms with Gasteiger partial charge >= 0.3 is 0 Å². The molecule has 4 nitrogen and oxygen atoms in total. The van der Waals surface area contributed by atoms with Gasteiger partial charge in [0.25, 0.3) is 5.91 Å². The molecule has 20 heavy (non-hydrogen) atoms. The van der Waals surface area contributed by atoms with Gasteiger partial charge in [-0.2, -0.15) is 0 Å². The molecule has 0 radical (unpaired) electrons. The SMILES string of the molecule is Cc1nc(C)c(C(C)NC(=O)c2cc(Br)ccc2N)s1. The number of anilines is 1. The number of rotatable bonds is 3. The number of halogens is 1. The lowest BCUT2D eigenvalue weighted by Crippen LogP contribution is -2.27. The molecule has 1 unspecified atom stereocenters. The third-order valence-electron chi connectivity index (χ3n) is 2.94. The number of hydrogen-bond acceptors (Lipinski definition) is 4. The number of carbonyl (C=O) groups excluding carboxylic acids is 1. The molecule has 1 heterocycles. The van der Waals surface area contributed by atoms with Gasteiger partial charge in [0.1, 0.15) is 0 Å². The zero-order chi connectivity index (χ0) is 14.9. The minimum absolute atomic E-state index is 0.0907. The van der Waals surface area contributed by atoms with E-state index < -0.39 is 0 Å². The first kappa shape index (κ1) is 15.0. The van der Waals surface area contributed by atoms with Crippen molar-refractivity contribution >= 4 is 38.9 Å². The fourth-order valence-electron chi connectivity index (χ4n) is 2.01. The van der Waals surface area contributed by atoms with E-state index in [0.29, 0.717) is 11.3 Å². The summed E-state index contributed by atoms with van der Waals surface area (Å²) in [5.74, 6) is -0.179. The molecular weight excluding hydrogens is 338 g/mol. The number of nitrogens with one attached hydrogen (secondary N) is 1. The maximum atomic E-state index is 12.3. The van der Waals surface area contributed by atoms with Crippen molar-refractivity contribution in [1.29, 1.82) is 0 Å². The molecule has 0 saturated carbocycles. The maximum Gasteiger partial charge on any atom is 0.253 e. The van der Waals surface area contributed by atoms with Gasteiger partial charge in [0.2, 0.25) is 0 Å². The van der Waals surface area contributed by atoms with Crippen LogP contribution in [0.3, 0.4) is 0 Å². The summed E-state index contributed by atoms with van der Waals surface area (Å²) in [4.78, 5) is 17.7. The molecule has 0 saturated heterocycles. The summed E-state index contributed by atoms with van der Waals surface area (Å²) in [6.45, 7) is 5.86. The molecule has 1 atom stereocenters. The van der Waals surface area contributed by atoms with Gasteiger partial charge in [-0.05, 0) is 39.0 Å². The Morgan fingerprint density at radius 2 is 2.15 bits per heavy atom. The highest BCUT2D eigenvalue weighted by Crippen LogP contribution is 2.25. The van der Waals surface area contributed by atoms with Crippen molar-refractivity contribution in [3.63, 3.8) is 0 Å². The monoisotopic (exact) mass is 353 g/mol. The van der Waals surface area contributed by atoms with Crippen LogP contribution in [-0.2, 0) is 0 Å². The van der Waals surface area contributed by atoms with Crippen LogP contribution in [0.1, 0.15) is 38.9 Å². The van der Waals surface area contributed by atoms with E-state index >= 15 is 0 Å². The van der Waals surface area contributed by atoms with Crippen LogP contribution in [0.5, 0.6) is 0 Å². The lowest BCUT2D eigenvalue weighted by Gasteiger charge is -2.14. The average molecular weight is 354 g/mol. The minimum atomic E-state index is -0.179. The maximum absolute atomic E-state index is 12.3. The van der Waals surface area contributed by atoms with Crippen molar-refractivity contribution in [2.75, 3.05) is 5.73 Å². The van der Waals surface area contributed by atoms with E-state index in [9.17, 15) is 4.79 Å². The van der Waals surface area contributed by atoms with Gasteiger partial charge < -0.3 is 11.1 Å². The van der Waals surface area contributed by atoms with Crippen molar-refractivity contribution in [3.05, 3.63) is 43.8 Å². The molecule has 2 rings (SSSR count). The number of nitrogen functional groups attached to an aromatic ring is 1. The normalized spacial score (nSPS) is 12.2. The van der Waals surface area contributed by atoms with Gasteiger partial charge in [0, 0.05) is 15.0 Å². The fraction of sp³-hybridized carbons (Fsp3) is 0.286. The van der Waals surface area contributed by atoms with Crippen molar-refractivity contribution in [1.82, 2.24) is 10.3 Å². The summed E-state index contributed by atoms with van der Waals surface area (Å²) in [6, 6.07) is 5.16. The molecule has 1 aromatic heterocycles. The average Bonchev–Trinajstić information content (AvgIpc) is 2.71. The quantitative estimate of drug-likeness (QED) is 0.828. The Hall–Kier alpha value is -1.40. The Kier molecular flexibility index (Phi) is 4.45. The summed E-state index contributed by atoms with van der Waals surface area (Å²) < 4.78 is 0.828. The number of amides is 1. The van der Waals surface area contributed by atoms with Crippen LogP contribution < -0.4 is 11.1 Å². The number of nitrogens with two attached hydrogens (primary N) is 1. The second-order valence-electron chi connectivity index (χ2n) is 4.61. The molecule has 0 bridgehead atoms. The minimum Gasteiger partial charge on any atom is -0.398 e. The second kappa shape index (κ2) is 5.93. The molecule has 0 fully saturated rings. The largest absolute Gasteiger partial charge is 0.398 e. The lowest BCUT2D eigenvalue weighted by atomic mass is 10.1. The van der Waals surface area contributed by atoms with E-state index in [-0.39, 0.29) is 11.9 Å². The number of benzene rings is 1. The van der Waals surface area contributed by atoms with Gasteiger partial charge in [-0.3, -0.25) is 4.79 Å². The van der Waals surface area contributed by atoms with Crippen molar-refractivity contribution in [3.8, 4) is 0 Å². The molecule has 0 aliphatic rings. The van der Waals surface area contributed by atoms with Crippen LogP contribution >= 0.6 is 27.3 Å². The summed E-state index contributed by atoms with van der Waals surface area (Å²) in [5, 5.41) is 3.97. The number of aromatic nitrogens is 1. The molecule has 1 amide bonds. The Balaban J connectivity index is 2.19. The summed E-state index contributed by atoms with van der Waals surface area (Å²) in [5.41, 5.74) is 7.75. The first-order chi connectivity index (χ1) is 9.38. The Labute approximate surface area is 130 Å². The molecule has 0 aliphatic heterocycles. The molecule has 2 aromatic rings. The molecule has 3 N–H and O–H groups in total. The van der Waals surface area contributed by atoms with E-state index in [1.165, 1.54) is 0 Å². The van der Waals surface area contributed by atoms with Crippen LogP contribution in [0.2, 0.25) is 0 Å². The summed E-state index contributed by atoms with van der Waals surface area (Å²) in [6.07, 6.45) is 0. The van der Waals surface area contributed by atoms with Gasteiger partial charge in [0.15, 0.2) is 0 Å². The van der Waals surface area contributed by atoms with Gasteiger partial charge in [-0.15, -0.1) is 11.3 Å². The van der Waals surface area contributed by atoms with Crippen molar-refractivity contribution in [2.24, 2.45) is 0 Å². The predicted octanol–water partition coefficient (Wildman–Crippen LogP) is 3.60. The Morgan fingerprint density at radius 3 is 2.75 bits per heavy atom. The first-order valence-corrected chi connectivity index (χ1v) is 7.79. The number of nitrogens with zero attached hydrogens (tertiary/aromatic N) is 1. The van der Waals surface area contributed by atoms with Gasteiger partial charge in [0.05, 0.1) is 22.3 Å². The highest BCUT2D eigenvalue weighted by atomic mass is 79.9. The third kappa shape index (κ3) is 3.19. The van der Waals surface area contributed by atoms with E-state index in [1.807, 2.05) is 26.8 Å². The summed E-state index contributed by atoms with van der Waals surface area (Å²) >= 11 is 4.95. The van der Waals surface area contributed by atoms with E-state index in [0.717, 1.165) is 20.1 Å². The van der Waals surface area contributed by atoms with E-state index in [2.05, 4.69) is 26.2 Å². The van der Waals surface area contributed by atoms with Crippen molar-refractivity contribution < 1.29 is 4.79 Å². The lowest BCUT2D eigenvalue weighted by molar-refractivity contribution is 0.0941. The standard InChI is InChI=1S/C14H16BrN3OS/c1-7-13(20-9(3)17-7)8(2)18-14(19)11-6-10(15)4-5-12(11)16/h4-6,8H,16H2,1-3H3,(H,18,19). The van der Waals surface area contributed by atoms with Gasteiger partial charge in [-0.1, -0.05) is 15.9 Å². The highest BCUT2D eigenvalue weighted by molar-refractivity contribution is 9.10. The molecule has 106 valence electrons. The number of aryl methyl sites for hydroxylation is 2. The zero-order valence-corrected chi connectivity index (χ0v) is 13.9. The van der Waals surface area contributed by atoms with Gasteiger partial charge in [-0.25, -0.2) is 4.98 Å². The van der Waals surface area contributed by atoms with E-state index in [4.69, 9.17) is 5.73 Å². The van der Waals surface area contributed by atoms with Crippen molar-refractivity contribution in [2.45, 2.75) is 26.8 Å². The second-order valence-corrected chi connectivity index (χ2v) is 6.76. The summed E-state index contributed by atoms with van der Waals surface area (Å²) in [7, 11) is 0. The van der Waals surface area contributed by atoms with Crippen LogP contribution in [0.15, 0.2) is 22.7 Å². The number of thiazole rings is 1.